The largest absolute Gasteiger partial charge is 0.353 e. The lowest BCUT2D eigenvalue weighted by molar-refractivity contribution is -0.125. The third kappa shape index (κ3) is 6.02. The topological polar surface area (TPSA) is 87.5 Å². The van der Waals surface area contributed by atoms with Gasteiger partial charge in [-0.05, 0) is 32.2 Å². The van der Waals surface area contributed by atoms with Crippen molar-refractivity contribution >= 4 is 11.8 Å². The van der Waals surface area contributed by atoms with Crippen LogP contribution in [0, 0.1) is 5.92 Å². The Bertz CT molecular complexity index is 309. The fraction of sp³-hybridized carbons (Fsp3) is 0.846. The van der Waals surface area contributed by atoms with E-state index in [0.717, 1.165) is 19.0 Å². The molecule has 0 bridgehead atoms. The lowest BCUT2D eigenvalue weighted by atomic mass is 9.99. The average Bonchev–Trinajstić information content (AvgIpc) is 2.41. The maximum atomic E-state index is 11.5. The molecule has 1 fully saturated rings. The number of nitrogens with zero attached hydrogens (tertiary/aromatic N) is 1. The number of hydrogen-bond donors (Lipinski definition) is 3. The lowest BCUT2D eigenvalue weighted by Crippen LogP contribution is -2.48. The molecule has 0 aromatic rings. The maximum Gasteiger partial charge on any atom is 0.239 e. The molecule has 6 nitrogen and oxygen atoms in total. The molecular weight excluding hydrogens is 244 g/mol. The van der Waals surface area contributed by atoms with Gasteiger partial charge in [-0.15, -0.1) is 0 Å². The second-order valence-corrected chi connectivity index (χ2v) is 5.38. The fourth-order valence-corrected chi connectivity index (χ4v) is 2.33. The highest BCUT2D eigenvalue weighted by molar-refractivity contribution is 5.85. The normalized spacial score (nSPS) is 21.7. The van der Waals surface area contributed by atoms with Crippen LogP contribution in [0.1, 0.15) is 26.7 Å². The van der Waals surface area contributed by atoms with Gasteiger partial charge >= 0.3 is 0 Å². The number of rotatable bonds is 6. The van der Waals surface area contributed by atoms with Crippen LogP contribution in [0.2, 0.25) is 0 Å². The Kier molecular flexibility index (Phi) is 6.80. The van der Waals surface area contributed by atoms with E-state index in [1.807, 2.05) is 0 Å². The van der Waals surface area contributed by atoms with Crippen molar-refractivity contribution in [3.05, 3.63) is 0 Å². The molecule has 1 heterocycles. The number of amides is 2. The van der Waals surface area contributed by atoms with Gasteiger partial charge < -0.3 is 16.4 Å². The standard InChI is InChI=1S/C13H26N4O2/c1-10-4-3-5-17(9-10)11(2)7-15-13(19)8-16-12(18)6-14/h10-11H,3-9,14H2,1-2H3,(H,15,19)(H,16,18). The summed E-state index contributed by atoms with van der Waals surface area (Å²) in [4.78, 5) is 24.9. The van der Waals surface area contributed by atoms with Crippen LogP contribution < -0.4 is 16.4 Å². The summed E-state index contributed by atoms with van der Waals surface area (Å²) in [6.07, 6.45) is 2.52. The Hall–Kier alpha value is -1.14. The monoisotopic (exact) mass is 270 g/mol. The molecule has 0 saturated carbocycles. The summed E-state index contributed by atoms with van der Waals surface area (Å²) in [6.45, 7) is 7.11. The van der Waals surface area contributed by atoms with E-state index >= 15 is 0 Å². The fourth-order valence-electron chi connectivity index (χ4n) is 2.33. The van der Waals surface area contributed by atoms with E-state index in [1.54, 1.807) is 0 Å². The van der Waals surface area contributed by atoms with Crippen molar-refractivity contribution in [2.45, 2.75) is 32.7 Å². The molecule has 1 saturated heterocycles. The molecule has 2 unspecified atom stereocenters. The molecule has 1 aliphatic heterocycles. The van der Waals surface area contributed by atoms with Crippen molar-refractivity contribution in [2.24, 2.45) is 11.7 Å². The Morgan fingerprint density at radius 2 is 2.11 bits per heavy atom. The van der Waals surface area contributed by atoms with Crippen LogP contribution in [-0.4, -0.2) is 55.5 Å². The molecule has 0 spiro atoms. The molecule has 6 heteroatoms. The zero-order chi connectivity index (χ0) is 14.3. The van der Waals surface area contributed by atoms with Gasteiger partial charge in [-0.25, -0.2) is 0 Å². The number of carbonyl (C=O) groups is 2. The third-order valence-corrected chi connectivity index (χ3v) is 3.54. The van der Waals surface area contributed by atoms with E-state index in [2.05, 4.69) is 29.4 Å². The second kappa shape index (κ2) is 8.12. The minimum atomic E-state index is -0.312. The average molecular weight is 270 g/mol. The molecule has 19 heavy (non-hydrogen) atoms. The van der Waals surface area contributed by atoms with Gasteiger partial charge in [0.25, 0.3) is 0 Å². The van der Waals surface area contributed by atoms with E-state index in [0.29, 0.717) is 12.6 Å². The molecule has 110 valence electrons. The number of hydrogen-bond acceptors (Lipinski definition) is 4. The van der Waals surface area contributed by atoms with Crippen molar-refractivity contribution in [1.29, 1.82) is 0 Å². The van der Waals surface area contributed by atoms with Crippen LogP contribution in [0.3, 0.4) is 0 Å². The zero-order valence-corrected chi connectivity index (χ0v) is 11.9. The quantitative estimate of drug-likeness (QED) is 0.595. The summed E-state index contributed by atoms with van der Waals surface area (Å²) in [5.74, 6) is 0.252. The second-order valence-electron chi connectivity index (χ2n) is 5.38. The van der Waals surface area contributed by atoms with Crippen LogP contribution in [-0.2, 0) is 9.59 Å². The molecule has 2 atom stereocenters. The summed E-state index contributed by atoms with van der Waals surface area (Å²) in [5, 5.41) is 5.29. The summed E-state index contributed by atoms with van der Waals surface area (Å²) in [6, 6.07) is 0.330. The van der Waals surface area contributed by atoms with E-state index in [-0.39, 0.29) is 24.9 Å². The first kappa shape index (κ1) is 15.9. The molecule has 1 rings (SSSR count). The number of carbonyl (C=O) groups excluding carboxylic acids is 2. The molecular formula is C13H26N4O2. The molecule has 0 aromatic heterocycles. The lowest BCUT2D eigenvalue weighted by Gasteiger charge is -2.35. The Labute approximate surface area is 115 Å². The van der Waals surface area contributed by atoms with Gasteiger partial charge in [0.1, 0.15) is 0 Å². The first-order valence-corrected chi connectivity index (χ1v) is 7.00. The highest BCUT2D eigenvalue weighted by atomic mass is 16.2. The number of nitrogens with one attached hydrogen (secondary N) is 2. The van der Waals surface area contributed by atoms with E-state index in [1.165, 1.54) is 12.8 Å². The van der Waals surface area contributed by atoms with Crippen molar-refractivity contribution in [3.63, 3.8) is 0 Å². The Morgan fingerprint density at radius 3 is 2.74 bits per heavy atom. The predicted octanol–water partition coefficient (Wildman–Crippen LogP) is -0.702. The zero-order valence-electron chi connectivity index (χ0n) is 11.9. The summed E-state index contributed by atoms with van der Waals surface area (Å²) in [5.41, 5.74) is 5.14. The first-order valence-electron chi connectivity index (χ1n) is 7.00. The highest BCUT2D eigenvalue weighted by Crippen LogP contribution is 2.17. The minimum Gasteiger partial charge on any atom is -0.353 e. The molecule has 0 aromatic carbocycles. The van der Waals surface area contributed by atoms with E-state index in [4.69, 9.17) is 5.73 Å². The molecule has 4 N–H and O–H groups in total. The van der Waals surface area contributed by atoms with Crippen LogP contribution in [0.5, 0.6) is 0 Å². The number of likely N-dealkylation sites (tertiary alicyclic amines) is 1. The Balaban J connectivity index is 2.20. The number of piperidine rings is 1. The van der Waals surface area contributed by atoms with Gasteiger partial charge in [0.15, 0.2) is 0 Å². The van der Waals surface area contributed by atoms with Crippen LogP contribution in [0.4, 0.5) is 0 Å². The van der Waals surface area contributed by atoms with Crippen molar-refractivity contribution in [3.8, 4) is 0 Å². The Morgan fingerprint density at radius 1 is 1.37 bits per heavy atom. The summed E-state index contributed by atoms with van der Waals surface area (Å²) < 4.78 is 0. The van der Waals surface area contributed by atoms with E-state index < -0.39 is 0 Å². The van der Waals surface area contributed by atoms with Gasteiger partial charge in [0, 0.05) is 19.1 Å². The van der Waals surface area contributed by atoms with Crippen molar-refractivity contribution < 1.29 is 9.59 Å². The minimum absolute atomic E-state index is 0.000837. The van der Waals surface area contributed by atoms with Crippen molar-refractivity contribution in [2.75, 3.05) is 32.7 Å². The third-order valence-electron chi connectivity index (χ3n) is 3.54. The maximum absolute atomic E-state index is 11.5. The predicted molar refractivity (Wildman–Crippen MR) is 74.5 cm³/mol. The smallest absolute Gasteiger partial charge is 0.239 e. The van der Waals surface area contributed by atoms with Gasteiger partial charge in [-0.1, -0.05) is 6.92 Å². The number of nitrogens with two attached hydrogens (primary N) is 1. The van der Waals surface area contributed by atoms with Crippen LogP contribution in [0.15, 0.2) is 0 Å². The molecule has 0 radical (unpaired) electrons. The van der Waals surface area contributed by atoms with Gasteiger partial charge in [-0.2, -0.15) is 0 Å². The molecule has 1 aliphatic rings. The van der Waals surface area contributed by atoms with Gasteiger partial charge in [-0.3, -0.25) is 14.5 Å². The summed E-state index contributed by atoms with van der Waals surface area (Å²) in [7, 11) is 0. The SMILES string of the molecule is CC1CCCN(C(C)CNC(=O)CNC(=O)CN)C1. The van der Waals surface area contributed by atoms with Crippen LogP contribution in [0.25, 0.3) is 0 Å². The van der Waals surface area contributed by atoms with Crippen LogP contribution >= 0.6 is 0 Å². The van der Waals surface area contributed by atoms with Gasteiger partial charge in [0.05, 0.1) is 13.1 Å². The molecule has 2 amide bonds. The van der Waals surface area contributed by atoms with E-state index in [9.17, 15) is 9.59 Å². The summed E-state index contributed by atoms with van der Waals surface area (Å²) >= 11 is 0. The molecule has 0 aliphatic carbocycles. The first-order chi connectivity index (χ1) is 9.02. The van der Waals surface area contributed by atoms with Crippen molar-refractivity contribution in [1.82, 2.24) is 15.5 Å². The van der Waals surface area contributed by atoms with Gasteiger partial charge in [0.2, 0.25) is 11.8 Å². The highest BCUT2D eigenvalue weighted by Gasteiger charge is 2.21.